The summed E-state index contributed by atoms with van der Waals surface area (Å²) < 4.78 is 12.4. The fourth-order valence-electron chi connectivity index (χ4n) is 3.74. The molecule has 1 aliphatic rings. The lowest BCUT2D eigenvalue weighted by Crippen LogP contribution is -2.39. The molecule has 26 heavy (non-hydrogen) atoms. The molecule has 0 N–H and O–H groups in total. The highest BCUT2D eigenvalue weighted by Gasteiger charge is 2.45. The molecule has 0 bridgehead atoms. The van der Waals surface area contributed by atoms with Crippen LogP contribution in [0.25, 0.3) is 0 Å². The highest BCUT2D eigenvalue weighted by Crippen LogP contribution is 2.45. The Kier molecular flexibility index (Phi) is 5.63. The standard InChI is InChI=1S/C22H28O3Si/c1-26(2,3)25-22(17-21(23)19-13-7-8-14-20(19)22)15-9-10-16-24-18-11-5-4-6-12-18/h4-8,11-14H,9-10,15-17H2,1-3H3. The van der Waals surface area contributed by atoms with E-state index in [1.807, 2.05) is 48.5 Å². The van der Waals surface area contributed by atoms with Crippen molar-refractivity contribution in [1.82, 2.24) is 0 Å². The minimum Gasteiger partial charge on any atom is -0.494 e. The van der Waals surface area contributed by atoms with Crippen LogP contribution in [0.5, 0.6) is 5.75 Å². The number of carbonyl (C=O) groups is 1. The van der Waals surface area contributed by atoms with Gasteiger partial charge in [0, 0.05) is 12.0 Å². The predicted octanol–water partition coefficient (Wildman–Crippen LogP) is 5.57. The first kappa shape index (κ1) is 18.9. The largest absolute Gasteiger partial charge is 0.494 e. The Morgan fingerprint density at radius 2 is 1.65 bits per heavy atom. The van der Waals surface area contributed by atoms with Crippen LogP contribution in [-0.2, 0) is 10.0 Å². The minimum absolute atomic E-state index is 0.208. The van der Waals surface area contributed by atoms with Crippen molar-refractivity contribution in [3.05, 3.63) is 65.7 Å². The molecule has 3 rings (SSSR count). The first-order valence-corrected chi connectivity index (χ1v) is 12.8. The summed E-state index contributed by atoms with van der Waals surface area (Å²) in [7, 11) is -1.80. The van der Waals surface area contributed by atoms with Gasteiger partial charge >= 0.3 is 0 Å². The van der Waals surface area contributed by atoms with E-state index in [2.05, 4.69) is 25.7 Å². The molecule has 0 spiro atoms. The number of hydrogen-bond acceptors (Lipinski definition) is 3. The van der Waals surface area contributed by atoms with Gasteiger partial charge in [-0.05, 0) is 56.6 Å². The maximum Gasteiger partial charge on any atom is 0.184 e. The van der Waals surface area contributed by atoms with E-state index in [-0.39, 0.29) is 5.78 Å². The summed E-state index contributed by atoms with van der Waals surface area (Å²) in [5.74, 6) is 1.11. The van der Waals surface area contributed by atoms with Gasteiger partial charge in [0.15, 0.2) is 14.1 Å². The summed E-state index contributed by atoms with van der Waals surface area (Å²) in [6.07, 6.45) is 3.25. The SMILES string of the molecule is C[Si](C)(C)OC1(CCCCOc2ccccc2)CC(=O)c2ccccc21. The molecule has 0 amide bonds. The predicted molar refractivity (Wildman–Crippen MR) is 107 cm³/mol. The lowest BCUT2D eigenvalue weighted by Gasteiger charge is -2.36. The van der Waals surface area contributed by atoms with Crippen molar-refractivity contribution in [2.24, 2.45) is 0 Å². The Morgan fingerprint density at radius 3 is 2.38 bits per heavy atom. The molecule has 0 saturated carbocycles. The average molecular weight is 369 g/mol. The second-order valence-electron chi connectivity index (χ2n) is 7.97. The highest BCUT2D eigenvalue weighted by atomic mass is 28.4. The Hall–Kier alpha value is -1.91. The van der Waals surface area contributed by atoms with Gasteiger partial charge in [-0.15, -0.1) is 0 Å². The molecule has 0 radical (unpaired) electrons. The van der Waals surface area contributed by atoms with Crippen LogP contribution in [-0.4, -0.2) is 20.7 Å². The zero-order valence-electron chi connectivity index (χ0n) is 16.0. The van der Waals surface area contributed by atoms with Crippen LogP contribution < -0.4 is 4.74 Å². The van der Waals surface area contributed by atoms with Gasteiger partial charge < -0.3 is 9.16 Å². The van der Waals surface area contributed by atoms with Gasteiger partial charge in [-0.2, -0.15) is 0 Å². The fourth-order valence-corrected chi connectivity index (χ4v) is 5.20. The molecule has 0 aliphatic heterocycles. The highest BCUT2D eigenvalue weighted by molar-refractivity contribution is 6.69. The average Bonchev–Trinajstić information content (AvgIpc) is 2.87. The number of rotatable bonds is 8. The van der Waals surface area contributed by atoms with E-state index < -0.39 is 13.9 Å². The van der Waals surface area contributed by atoms with E-state index in [4.69, 9.17) is 9.16 Å². The molecule has 2 aromatic carbocycles. The number of unbranched alkanes of at least 4 members (excludes halogenated alkanes) is 1. The molecule has 4 heteroatoms. The lowest BCUT2D eigenvalue weighted by atomic mass is 9.90. The third-order valence-corrected chi connectivity index (χ3v) is 5.66. The van der Waals surface area contributed by atoms with Gasteiger partial charge in [0.2, 0.25) is 0 Å². The van der Waals surface area contributed by atoms with Gasteiger partial charge in [0.05, 0.1) is 12.2 Å². The summed E-state index contributed by atoms with van der Waals surface area (Å²) in [6.45, 7) is 7.26. The second-order valence-corrected chi connectivity index (χ2v) is 12.4. The summed E-state index contributed by atoms with van der Waals surface area (Å²) in [4.78, 5) is 12.6. The van der Waals surface area contributed by atoms with Gasteiger partial charge in [-0.1, -0.05) is 42.5 Å². The minimum atomic E-state index is -1.80. The van der Waals surface area contributed by atoms with Crippen molar-refractivity contribution in [2.45, 2.75) is 50.9 Å². The molecule has 0 saturated heterocycles. The normalized spacial score (nSPS) is 19.4. The van der Waals surface area contributed by atoms with Crippen LogP contribution in [0.1, 0.15) is 41.6 Å². The van der Waals surface area contributed by atoms with Crippen LogP contribution in [0.15, 0.2) is 54.6 Å². The number of hydrogen-bond donors (Lipinski definition) is 0. The summed E-state index contributed by atoms with van der Waals surface area (Å²) in [5, 5.41) is 0. The van der Waals surface area contributed by atoms with Crippen molar-refractivity contribution in [3.8, 4) is 5.75 Å². The monoisotopic (exact) mass is 368 g/mol. The van der Waals surface area contributed by atoms with E-state index in [1.165, 1.54) is 0 Å². The summed E-state index contributed by atoms with van der Waals surface area (Å²) in [5.41, 5.74) is 1.47. The van der Waals surface area contributed by atoms with Gasteiger partial charge in [0.25, 0.3) is 0 Å². The number of fused-ring (bicyclic) bond motifs is 1. The Bertz CT molecular complexity index is 751. The Labute approximate surface area is 157 Å². The Morgan fingerprint density at radius 1 is 0.962 bits per heavy atom. The van der Waals surface area contributed by atoms with E-state index in [0.29, 0.717) is 13.0 Å². The zero-order valence-corrected chi connectivity index (χ0v) is 17.0. The van der Waals surface area contributed by atoms with E-state index >= 15 is 0 Å². The van der Waals surface area contributed by atoms with Crippen LogP contribution in [0.3, 0.4) is 0 Å². The van der Waals surface area contributed by atoms with Crippen molar-refractivity contribution in [2.75, 3.05) is 6.61 Å². The smallest absolute Gasteiger partial charge is 0.184 e. The maximum absolute atomic E-state index is 12.6. The van der Waals surface area contributed by atoms with Crippen LogP contribution in [0.4, 0.5) is 0 Å². The number of benzene rings is 2. The van der Waals surface area contributed by atoms with Gasteiger partial charge in [-0.3, -0.25) is 4.79 Å². The summed E-state index contributed by atoms with van der Waals surface area (Å²) in [6, 6.07) is 17.8. The quantitative estimate of drug-likeness (QED) is 0.451. The first-order chi connectivity index (χ1) is 12.4. The van der Waals surface area contributed by atoms with Crippen LogP contribution >= 0.6 is 0 Å². The van der Waals surface area contributed by atoms with Crippen molar-refractivity contribution < 1.29 is 14.0 Å². The summed E-state index contributed by atoms with van der Waals surface area (Å²) >= 11 is 0. The fraction of sp³-hybridized carbons (Fsp3) is 0.409. The van der Waals surface area contributed by atoms with E-state index in [0.717, 1.165) is 36.1 Å². The van der Waals surface area contributed by atoms with Crippen LogP contribution in [0, 0.1) is 0 Å². The second kappa shape index (κ2) is 7.76. The van der Waals surface area contributed by atoms with Crippen LogP contribution in [0.2, 0.25) is 19.6 Å². The van der Waals surface area contributed by atoms with E-state index in [1.54, 1.807) is 0 Å². The number of ketones is 1. The Balaban J connectivity index is 1.66. The molecule has 0 aromatic heterocycles. The first-order valence-electron chi connectivity index (χ1n) is 9.40. The number of Topliss-reactive ketones (excluding diaryl/α,β-unsaturated/α-hetero) is 1. The molecular formula is C22H28O3Si. The number of carbonyl (C=O) groups excluding carboxylic acids is 1. The topological polar surface area (TPSA) is 35.5 Å². The van der Waals surface area contributed by atoms with Crippen molar-refractivity contribution in [3.63, 3.8) is 0 Å². The van der Waals surface area contributed by atoms with Gasteiger partial charge in [0.1, 0.15) is 5.75 Å². The zero-order chi connectivity index (χ0) is 18.6. The molecule has 3 nitrogen and oxygen atoms in total. The molecule has 1 aliphatic carbocycles. The van der Waals surface area contributed by atoms with Crippen molar-refractivity contribution >= 4 is 14.1 Å². The molecule has 0 fully saturated rings. The third-order valence-electron chi connectivity index (χ3n) is 4.65. The molecule has 1 unspecified atom stereocenters. The number of ether oxygens (including phenoxy) is 1. The lowest BCUT2D eigenvalue weighted by molar-refractivity contribution is 0.0432. The number of para-hydroxylation sites is 1. The molecular weight excluding hydrogens is 340 g/mol. The molecule has 138 valence electrons. The molecule has 2 aromatic rings. The van der Waals surface area contributed by atoms with E-state index in [9.17, 15) is 4.79 Å². The third kappa shape index (κ3) is 4.43. The maximum atomic E-state index is 12.6. The van der Waals surface area contributed by atoms with Gasteiger partial charge in [-0.25, -0.2) is 0 Å². The molecule has 1 atom stereocenters. The van der Waals surface area contributed by atoms with Crippen molar-refractivity contribution in [1.29, 1.82) is 0 Å². The molecule has 0 heterocycles.